The Morgan fingerprint density at radius 1 is 0.794 bits per heavy atom. The molecule has 172 valence electrons. The molecule has 0 aliphatic heterocycles. The highest BCUT2D eigenvalue weighted by Gasteiger charge is 2.15. The van der Waals surface area contributed by atoms with Crippen molar-refractivity contribution in [1.29, 1.82) is 0 Å². The van der Waals surface area contributed by atoms with E-state index in [2.05, 4.69) is 21.9 Å². The van der Waals surface area contributed by atoms with E-state index in [0.717, 1.165) is 24.8 Å². The van der Waals surface area contributed by atoms with Crippen LogP contribution in [0.4, 0.5) is 0 Å². The number of unbranched alkanes of at least 4 members (excludes halogenated alkanes) is 2. The molecule has 3 aromatic carbocycles. The van der Waals surface area contributed by atoms with E-state index in [0.29, 0.717) is 34.9 Å². The minimum atomic E-state index is -0.363. The van der Waals surface area contributed by atoms with Crippen molar-refractivity contribution in [3.05, 3.63) is 78.4 Å². The topological polar surface area (TPSA) is 105 Å². The molecule has 7 heteroatoms. The van der Waals surface area contributed by atoms with Gasteiger partial charge in [0.2, 0.25) is 0 Å². The van der Waals surface area contributed by atoms with Crippen LogP contribution >= 0.6 is 0 Å². The van der Waals surface area contributed by atoms with E-state index in [1.807, 2.05) is 30.3 Å². The smallest absolute Gasteiger partial charge is 0.338 e. The summed E-state index contributed by atoms with van der Waals surface area (Å²) < 4.78 is 5.32. The molecular formula is C27H25N3O4. The van der Waals surface area contributed by atoms with Crippen LogP contribution < -0.4 is 0 Å². The number of nitrogens with zero attached hydrogens (tertiary/aromatic N) is 3. The summed E-state index contributed by atoms with van der Waals surface area (Å²) in [5.74, 6) is 0.527. The van der Waals surface area contributed by atoms with E-state index in [-0.39, 0.29) is 23.3 Å². The molecule has 0 spiro atoms. The number of hydrogen-bond donors (Lipinski definition) is 2. The molecule has 0 aliphatic rings. The first-order valence-electron chi connectivity index (χ1n) is 11.2. The summed E-state index contributed by atoms with van der Waals surface area (Å²) in [6.45, 7) is 2.50. The van der Waals surface area contributed by atoms with Gasteiger partial charge in [-0.2, -0.15) is 0 Å². The number of aromatic nitrogens is 3. The van der Waals surface area contributed by atoms with Crippen LogP contribution in [0.5, 0.6) is 11.5 Å². The van der Waals surface area contributed by atoms with Crippen LogP contribution in [-0.2, 0) is 4.74 Å². The highest BCUT2D eigenvalue weighted by Crippen LogP contribution is 2.32. The zero-order chi connectivity index (χ0) is 23.9. The third-order valence-electron chi connectivity index (χ3n) is 5.25. The Labute approximate surface area is 197 Å². The predicted molar refractivity (Wildman–Crippen MR) is 129 cm³/mol. The molecule has 0 fully saturated rings. The van der Waals surface area contributed by atoms with E-state index >= 15 is 0 Å². The fourth-order valence-electron chi connectivity index (χ4n) is 3.41. The van der Waals surface area contributed by atoms with Crippen molar-refractivity contribution in [2.75, 3.05) is 6.61 Å². The van der Waals surface area contributed by atoms with Crippen LogP contribution in [0.2, 0.25) is 0 Å². The Balaban J connectivity index is 1.69. The molecule has 0 atom stereocenters. The maximum Gasteiger partial charge on any atom is 0.338 e. The van der Waals surface area contributed by atoms with Crippen LogP contribution in [0.3, 0.4) is 0 Å². The number of carbonyl (C=O) groups is 1. The Morgan fingerprint density at radius 3 is 2.09 bits per heavy atom. The van der Waals surface area contributed by atoms with Gasteiger partial charge in [-0.3, -0.25) is 0 Å². The standard InChI is InChI=1S/C27H25N3O4/c1-2-3-7-16-34-27(33)20-12-10-19(11-13-20)25-28-24(18-8-5-4-6-9-18)29-26(30-25)22-15-14-21(31)17-23(22)32/h4-6,8-15,17,31-32H,2-3,7,16H2,1H3. The fourth-order valence-corrected chi connectivity index (χ4v) is 3.41. The molecule has 4 rings (SSSR count). The number of aromatic hydroxyl groups is 2. The quantitative estimate of drug-likeness (QED) is 0.262. The first kappa shape index (κ1) is 22.9. The summed E-state index contributed by atoms with van der Waals surface area (Å²) >= 11 is 0. The van der Waals surface area contributed by atoms with Gasteiger partial charge < -0.3 is 14.9 Å². The fraction of sp³-hybridized carbons (Fsp3) is 0.185. The van der Waals surface area contributed by atoms with Crippen molar-refractivity contribution in [2.24, 2.45) is 0 Å². The summed E-state index contributed by atoms with van der Waals surface area (Å²) in [6, 6.07) is 20.6. The van der Waals surface area contributed by atoms with Crippen LogP contribution in [0.1, 0.15) is 36.5 Å². The molecule has 1 heterocycles. The van der Waals surface area contributed by atoms with Crippen LogP contribution in [0.15, 0.2) is 72.8 Å². The number of carbonyl (C=O) groups excluding carboxylic acids is 1. The lowest BCUT2D eigenvalue weighted by molar-refractivity contribution is 0.0498. The van der Waals surface area contributed by atoms with E-state index in [1.165, 1.54) is 12.1 Å². The monoisotopic (exact) mass is 455 g/mol. The van der Waals surface area contributed by atoms with Gasteiger partial charge in [0, 0.05) is 17.2 Å². The number of esters is 1. The molecule has 4 aromatic rings. The van der Waals surface area contributed by atoms with Crippen molar-refractivity contribution < 1.29 is 19.7 Å². The molecule has 1 aromatic heterocycles. The van der Waals surface area contributed by atoms with Gasteiger partial charge in [-0.25, -0.2) is 19.7 Å². The maximum absolute atomic E-state index is 12.3. The maximum atomic E-state index is 12.3. The predicted octanol–water partition coefficient (Wildman–Crippen LogP) is 5.63. The lowest BCUT2D eigenvalue weighted by atomic mass is 10.1. The van der Waals surface area contributed by atoms with Crippen LogP contribution in [0, 0.1) is 0 Å². The second kappa shape index (κ2) is 10.6. The SMILES string of the molecule is CCCCCOC(=O)c1ccc(-c2nc(-c3ccccc3)nc(-c3ccc(O)cc3O)n2)cc1. The minimum Gasteiger partial charge on any atom is -0.508 e. The highest BCUT2D eigenvalue weighted by atomic mass is 16.5. The second-order valence-corrected chi connectivity index (χ2v) is 7.79. The highest BCUT2D eigenvalue weighted by molar-refractivity contribution is 5.90. The Bertz CT molecular complexity index is 1280. The van der Waals surface area contributed by atoms with Crippen LogP contribution in [0.25, 0.3) is 34.2 Å². The second-order valence-electron chi connectivity index (χ2n) is 7.79. The van der Waals surface area contributed by atoms with Crippen molar-refractivity contribution in [2.45, 2.75) is 26.2 Å². The third kappa shape index (κ3) is 5.38. The van der Waals surface area contributed by atoms with Crippen molar-refractivity contribution in [1.82, 2.24) is 15.0 Å². The van der Waals surface area contributed by atoms with Gasteiger partial charge in [-0.05, 0) is 30.7 Å². The zero-order valence-electron chi connectivity index (χ0n) is 18.8. The lowest BCUT2D eigenvalue weighted by Crippen LogP contribution is -2.06. The minimum absolute atomic E-state index is 0.0593. The molecule has 34 heavy (non-hydrogen) atoms. The van der Waals surface area contributed by atoms with E-state index in [9.17, 15) is 15.0 Å². The van der Waals surface area contributed by atoms with E-state index in [4.69, 9.17) is 4.74 Å². The zero-order valence-corrected chi connectivity index (χ0v) is 18.8. The Morgan fingerprint density at radius 2 is 1.44 bits per heavy atom. The summed E-state index contributed by atoms with van der Waals surface area (Å²) in [6.07, 6.45) is 2.93. The number of ether oxygens (including phenoxy) is 1. The summed E-state index contributed by atoms with van der Waals surface area (Å²) in [4.78, 5) is 26.0. The number of rotatable bonds is 8. The number of benzene rings is 3. The average Bonchev–Trinajstić information content (AvgIpc) is 2.87. The van der Waals surface area contributed by atoms with Gasteiger partial charge >= 0.3 is 5.97 Å². The van der Waals surface area contributed by atoms with Crippen molar-refractivity contribution >= 4 is 5.97 Å². The van der Waals surface area contributed by atoms with Gasteiger partial charge in [0.15, 0.2) is 17.5 Å². The largest absolute Gasteiger partial charge is 0.508 e. The molecule has 2 N–H and O–H groups in total. The third-order valence-corrected chi connectivity index (χ3v) is 5.25. The number of hydrogen-bond acceptors (Lipinski definition) is 7. The average molecular weight is 456 g/mol. The van der Waals surface area contributed by atoms with Gasteiger partial charge in [0.05, 0.1) is 17.7 Å². The van der Waals surface area contributed by atoms with Gasteiger partial charge in [0.1, 0.15) is 11.5 Å². The number of phenols is 2. The molecule has 0 saturated heterocycles. The molecule has 0 aliphatic carbocycles. The molecule has 0 saturated carbocycles. The molecule has 7 nitrogen and oxygen atoms in total. The van der Waals surface area contributed by atoms with E-state index in [1.54, 1.807) is 30.3 Å². The van der Waals surface area contributed by atoms with E-state index < -0.39 is 0 Å². The van der Waals surface area contributed by atoms with Gasteiger partial charge in [-0.1, -0.05) is 62.2 Å². The van der Waals surface area contributed by atoms with Gasteiger partial charge in [-0.15, -0.1) is 0 Å². The first-order valence-corrected chi connectivity index (χ1v) is 11.2. The van der Waals surface area contributed by atoms with Crippen molar-refractivity contribution in [3.8, 4) is 45.7 Å². The Kier molecular flexibility index (Phi) is 7.13. The molecule has 0 radical (unpaired) electrons. The van der Waals surface area contributed by atoms with Crippen LogP contribution in [-0.4, -0.2) is 37.7 Å². The molecular weight excluding hydrogens is 430 g/mol. The molecule has 0 bridgehead atoms. The Hall–Kier alpha value is -4.26. The number of phenolic OH excluding ortho intramolecular Hbond substituents is 2. The normalized spacial score (nSPS) is 10.7. The lowest BCUT2D eigenvalue weighted by Gasteiger charge is -2.10. The van der Waals surface area contributed by atoms with Crippen molar-refractivity contribution in [3.63, 3.8) is 0 Å². The summed E-state index contributed by atoms with van der Waals surface area (Å²) in [5.41, 5.74) is 2.29. The molecule has 0 amide bonds. The first-order chi connectivity index (χ1) is 16.5. The summed E-state index contributed by atoms with van der Waals surface area (Å²) in [7, 11) is 0. The van der Waals surface area contributed by atoms with Gasteiger partial charge in [0.25, 0.3) is 0 Å². The molecule has 0 unspecified atom stereocenters. The summed E-state index contributed by atoms with van der Waals surface area (Å²) in [5, 5.41) is 20.0.